The fourth-order valence-corrected chi connectivity index (χ4v) is 8.25. The Labute approximate surface area is 175 Å². The first-order valence-corrected chi connectivity index (χ1v) is 13.4. The van der Waals surface area contributed by atoms with Crippen LogP contribution in [0.15, 0.2) is 84.9 Å². The number of benzene rings is 3. The third kappa shape index (κ3) is 4.37. The Hall–Kier alpha value is -1.96. The van der Waals surface area contributed by atoms with Gasteiger partial charge in [-0.05, 0) is 48.4 Å². The number of halogens is 1. The summed E-state index contributed by atoms with van der Waals surface area (Å²) in [7, 11) is 0. The highest BCUT2D eigenvalue weighted by Gasteiger charge is 2.44. The maximum absolute atomic E-state index is 11.9. The van der Waals surface area contributed by atoms with Gasteiger partial charge in [-0.25, -0.2) is 0 Å². The van der Waals surface area contributed by atoms with Gasteiger partial charge in [-0.3, -0.25) is 4.79 Å². The molecule has 0 aromatic heterocycles. The fourth-order valence-electron chi connectivity index (χ4n) is 3.49. The molecule has 0 aliphatic heterocycles. The lowest BCUT2D eigenvalue weighted by atomic mass is 9.94. The molecule has 1 N–H and O–H groups in total. The van der Waals surface area contributed by atoms with Gasteiger partial charge in [0.1, 0.15) is 15.9 Å². The van der Waals surface area contributed by atoms with E-state index in [1.54, 1.807) is 0 Å². The molecule has 0 fully saturated rings. The van der Waals surface area contributed by atoms with Crippen molar-refractivity contribution in [3.8, 4) is 0 Å². The van der Waals surface area contributed by atoms with Crippen LogP contribution >= 0.6 is 21.5 Å². The molecule has 0 bridgehead atoms. The lowest BCUT2D eigenvalue weighted by Crippen LogP contribution is -2.27. The van der Waals surface area contributed by atoms with Crippen molar-refractivity contribution in [2.75, 3.05) is 0 Å². The van der Waals surface area contributed by atoms with Gasteiger partial charge >= 0.3 is 5.97 Å². The van der Waals surface area contributed by atoms with Gasteiger partial charge < -0.3 is 5.11 Å². The summed E-state index contributed by atoms with van der Waals surface area (Å²) in [6.45, 7) is 2.09. The predicted octanol–water partition coefficient (Wildman–Crippen LogP) is 5.65. The van der Waals surface area contributed by atoms with Crippen LogP contribution in [0, 0.1) is 0 Å². The minimum atomic E-state index is -2.03. The molecule has 0 saturated carbocycles. The lowest BCUT2D eigenvalue weighted by Gasteiger charge is -2.21. The third-order valence-corrected chi connectivity index (χ3v) is 11.7. The fraction of sp³-hybridized carbons (Fsp3) is 0.208. The van der Waals surface area contributed by atoms with E-state index in [0.29, 0.717) is 6.42 Å². The van der Waals surface area contributed by atoms with Crippen molar-refractivity contribution in [3.63, 3.8) is 0 Å². The summed E-state index contributed by atoms with van der Waals surface area (Å²) in [5, 5.41) is 13.4. The molecule has 0 amide bonds. The number of unbranched alkanes of at least 4 members (excludes halogenated alkanes) is 1. The highest BCUT2D eigenvalue weighted by atomic mass is 79.9. The van der Waals surface area contributed by atoms with Gasteiger partial charge in [-0.1, -0.05) is 68.3 Å². The molecule has 1 unspecified atom stereocenters. The maximum Gasteiger partial charge on any atom is 0.310 e. The third-order valence-electron chi connectivity index (χ3n) is 5.00. The number of carbonyl (C=O) groups is 1. The molecule has 144 valence electrons. The highest BCUT2D eigenvalue weighted by molar-refractivity contribution is 9.44. The minimum absolute atomic E-state index is 0.465. The van der Waals surface area contributed by atoms with E-state index in [9.17, 15) is 9.90 Å². The zero-order valence-electron chi connectivity index (χ0n) is 16.0. The Morgan fingerprint density at radius 1 is 0.893 bits per heavy atom. The second kappa shape index (κ2) is 9.49. The Morgan fingerprint density at radius 2 is 1.43 bits per heavy atom. The van der Waals surface area contributed by atoms with Gasteiger partial charge in [-0.2, -0.15) is 0 Å². The van der Waals surface area contributed by atoms with Crippen LogP contribution in [0.4, 0.5) is 0 Å². The van der Waals surface area contributed by atoms with Gasteiger partial charge in [0, 0.05) is 0 Å². The predicted molar refractivity (Wildman–Crippen MR) is 124 cm³/mol. The van der Waals surface area contributed by atoms with Crippen LogP contribution in [0.2, 0.25) is 0 Å². The number of carboxylic acids is 1. The first kappa shape index (κ1) is 20.8. The van der Waals surface area contributed by atoms with Gasteiger partial charge in [0.2, 0.25) is 0 Å². The minimum Gasteiger partial charge on any atom is -0.481 e. The van der Waals surface area contributed by atoms with Crippen molar-refractivity contribution in [2.45, 2.75) is 32.1 Å². The highest BCUT2D eigenvalue weighted by Crippen LogP contribution is 2.62. The molecule has 2 nitrogen and oxygen atoms in total. The molecule has 0 aliphatic rings. The smallest absolute Gasteiger partial charge is 0.310 e. The van der Waals surface area contributed by atoms with Crippen LogP contribution < -0.4 is 15.9 Å². The molecule has 3 aromatic rings. The molecule has 0 aliphatic carbocycles. The Balaban J connectivity index is 2.13. The zero-order valence-corrected chi connectivity index (χ0v) is 18.4. The lowest BCUT2D eigenvalue weighted by molar-refractivity contribution is -0.139. The average molecular weight is 456 g/mol. The van der Waals surface area contributed by atoms with E-state index in [0.717, 1.165) is 23.7 Å². The van der Waals surface area contributed by atoms with Crippen molar-refractivity contribution in [1.29, 1.82) is 0 Å². The summed E-state index contributed by atoms with van der Waals surface area (Å²) in [4.78, 5) is 11.9. The van der Waals surface area contributed by atoms with E-state index in [-0.39, 0.29) is 0 Å². The number of aliphatic carboxylic acids is 1. The zero-order chi connectivity index (χ0) is 20.0. The van der Waals surface area contributed by atoms with Crippen LogP contribution in [-0.2, 0) is 4.79 Å². The van der Waals surface area contributed by atoms with Gasteiger partial charge in [0.15, 0.2) is 21.5 Å². The summed E-state index contributed by atoms with van der Waals surface area (Å²) in [5.41, 5.74) is 0.883. The number of rotatable bonds is 8. The van der Waals surface area contributed by atoms with Crippen LogP contribution in [0.1, 0.15) is 37.7 Å². The van der Waals surface area contributed by atoms with E-state index in [4.69, 9.17) is 0 Å². The average Bonchev–Trinajstić information content (AvgIpc) is 2.74. The molecule has 0 saturated heterocycles. The van der Waals surface area contributed by atoms with Crippen LogP contribution in [-0.4, -0.2) is 11.1 Å². The monoisotopic (exact) mass is 455 g/mol. The second-order valence-electron chi connectivity index (χ2n) is 6.89. The maximum atomic E-state index is 11.9. The number of hydrogen-bond acceptors (Lipinski definition) is 1. The van der Waals surface area contributed by atoms with Crippen molar-refractivity contribution in [1.82, 2.24) is 0 Å². The van der Waals surface area contributed by atoms with Gasteiger partial charge in [0.25, 0.3) is 0 Å². The summed E-state index contributed by atoms with van der Waals surface area (Å²) >= 11 is 4.15. The molecular formula is C24H25BrO2P+. The number of hydrogen-bond donors (Lipinski definition) is 1. The summed E-state index contributed by atoms with van der Waals surface area (Å²) in [5.74, 6) is -3.24. The molecule has 3 aromatic carbocycles. The SMILES string of the molecule is CCCCC(C(=O)O)c1cccc([P+](Br)(c2ccccc2)c2ccccc2)c1. The molecule has 0 radical (unpaired) electrons. The normalized spacial score (nSPS) is 12.5. The summed E-state index contributed by atoms with van der Waals surface area (Å²) in [6.07, 6.45) is 2.57. The molecular weight excluding hydrogens is 431 g/mol. The quantitative estimate of drug-likeness (QED) is 0.445. The first-order valence-electron chi connectivity index (χ1n) is 9.60. The molecule has 4 heteroatoms. The van der Waals surface area contributed by atoms with Crippen molar-refractivity contribution < 1.29 is 9.90 Å². The van der Waals surface area contributed by atoms with E-state index >= 15 is 0 Å². The van der Waals surface area contributed by atoms with E-state index in [1.807, 2.05) is 24.3 Å². The number of carboxylic acid groups (broad SMARTS) is 1. The summed E-state index contributed by atoms with van der Waals surface area (Å²) in [6, 6.07) is 29.0. The van der Waals surface area contributed by atoms with Gasteiger partial charge in [-0.15, -0.1) is 0 Å². The molecule has 28 heavy (non-hydrogen) atoms. The Bertz CT molecular complexity index is 873. The van der Waals surface area contributed by atoms with Crippen molar-refractivity contribution in [2.24, 2.45) is 0 Å². The van der Waals surface area contributed by atoms with Crippen molar-refractivity contribution >= 4 is 43.3 Å². The second-order valence-corrected chi connectivity index (χ2v) is 12.8. The molecule has 0 spiro atoms. The molecule has 3 rings (SSSR count). The van der Waals surface area contributed by atoms with Crippen molar-refractivity contribution in [3.05, 3.63) is 90.5 Å². The summed E-state index contributed by atoms with van der Waals surface area (Å²) < 4.78 is 0. The van der Waals surface area contributed by atoms with E-state index in [2.05, 4.69) is 83.1 Å². The molecule has 0 heterocycles. The van der Waals surface area contributed by atoms with Gasteiger partial charge in [0.05, 0.1) is 5.92 Å². The van der Waals surface area contributed by atoms with Crippen LogP contribution in [0.5, 0.6) is 0 Å². The van der Waals surface area contributed by atoms with Crippen LogP contribution in [0.3, 0.4) is 0 Å². The topological polar surface area (TPSA) is 37.3 Å². The van der Waals surface area contributed by atoms with Crippen LogP contribution in [0.25, 0.3) is 0 Å². The van der Waals surface area contributed by atoms with E-state index < -0.39 is 17.9 Å². The standard InChI is InChI=1S/C24H24BrO2P/c1-2-3-17-23(24(26)27)19-11-10-16-22(18-19)28(25,20-12-6-4-7-13-20)21-14-8-5-9-15-21/h4-16,18,23H,2-3,17H2,1H3/p+1. The molecule has 1 atom stereocenters. The largest absolute Gasteiger partial charge is 0.481 e. The van der Waals surface area contributed by atoms with E-state index in [1.165, 1.54) is 10.6 Å². The Kier molecular flexibility index (Phi) is 7.04. The Morgan fingerprint density at radius 3 is 1.93 bits per heavy atom. The first-order chi connectivity index (χ1) is 13.6.